The third-order valence-electron chi connectivity index (χ3n) is 4.45. The molecule has 5 nitrogen and oxygen atoms in total. The Hall–Kier alpha value is -3.45. The number of anilines is 1. The van der Waals surface area contributed by atoms with Crippen molar-refractivity contribution in [3.8, 4) is 11.5 Å². The van der Waals surface area contributed by atoms with Crippen LogP contribution >= 0.6 is 11.8 Å². The minimum Gasteiger partial charge on any atom is -0.411 e. The van der Waals surface area contributed by atoms with Gasteiger partial charge in [0.2, 0.25) is 11.8 Å². The van der Waals surface area contributed by atoms with Crippen LogP contribution < -0.4 is 5.32 Å². The minimum atomic E-state index is -0.624. The maximum Gasteiger partial charge on any atom is 0.277 e. The molecule has 1 heterocycles. The Morgan fingerprint density at radius 2 is 1.67 bits per heavy atom. The summed E-state index contributed by atoms with van der Waals surface area (Å²) in [6.45, 7) is 1.97. The summed E-state index contributed by atoms with van der Waals surface area (Å²) in [4.78, 5) is 13.0. The van der Waals surface area contributed by atoms with Crippen LogP contribution in [0.3, 0.4) is 0 Å². The van der Waals surface area contributed by atoms with Gasteiger partial charge in [0, 0.05) is 11.3 Å². The molecule has 150 valence electrons. The second kappa shape index (κ2) is 8.92. The van der Waals surface area contributed by atoms with Gasteiger partial charge in [-0.1, -0.05) is 48.5 Å². The first-order valence-corrected chi connectivity index (χ1v) is 10.2. The van der Waals surface area contributed by atoms with Gasteiger partial charge >= 0.3 is 0 Å². The Labute approximate surface area is 177 Å². The third kappa shape index (κ3) is 4.58. The Bertz CT molecular complexity index is 1150. The molecule has 3 aromatic carbocycles. The molecule has 0 aliphatic rings. The normalized spacial score (nSPS) is 11.8. The van der Waals surface area contributed by atoms with Crippen LogP contribution in [-0.2, 0) is 4.79 Å². The standard InChI is InChI=1S/C23H18FN3O2S/c1-15-7-5-6-10-19(15)22-26-27-23(29-22)30-20(16-8-3-2-4-9-16)21(28)25-18-13-11-17(24)12-14-18/h2-14,20H,1H3,(H,25,28). The smallest absolute Gasteiger partial charge is 0.277 e. The van der Waals surface area contributed by atoms with Gasteiger partial charge in [0.15, 0.2) is 0 Å². The summed E-state index contributed by atoms with van der Waals surface area (Å²) in [5.74, 6) is -0.230. The fourth-order valence-corrected chi connectivity index (χ4v) is 3.80. The number of rotatable bonds is 6. The molecular formula is C23H18FN3O2S. The summed E-state index contributed by atoms with van der Waals surface area (Å²) in [7, 11) is 0. The second-order valence-electron chi connectivity index (χ2n) is 6.59. The quantitative estimate of drug-likeness (QED) is 0.409. The van der Waals surface area contributed by atoms with Gasteiger partial charge in [-0.3, -0.25) is 4.79 Å². The Morgan fingerprint density at radius 3 is 2.40 bits per heavy atom. The van der Waals surface area contributed by atoms with Gasteiger partial charge in [-0.2, -0.15) is 0 Å². The van der Waals surface area contributed by atoms with Crippen LogP contribution in [-0.4, -0.2) is 16.1 Å². The molecular weight excluding hydrogens is 401 g/mol. The van der Waals surface area contributed by atoms with Crippen LogP contribution in [0.25, 0.3) is 11.5 Å². The molecule has 4 rings (SSSR count). The van der Waals surface area contributed by atoms with Crippen molar-refractivity contribution >= 4 is 23.4 Å². The van der Waals surface area contributed by atoms with E-state index in [0.717, 1.165) is 16.7 Å². The molecule has 0 radical (unpaired) electrons. The lowest BCUT2D eigenvalue weighted by molar-refractivity contribution is -0.115. The molecule has 30 heavy (non-hydrogen) atoms. The van der Waals surface area contributed by atoms with E-state index in [1.807, 2.05) is 61.5 Å². The van der Waals surface area contributed by atoms with Crippen molar-refractivity contribution in [2.75, 3.05) is 5.32 Å². The van der Waals surface area contributed by atoms with Crippen LogP contribution in [0, 0.1) is 12.7 Å². The average molecular weight is 419 g/mol. The lowest BCUT2D eigenvalue weighted by atomic mass is 10.1. The minimum absolute atomic E-state index is 0.270. The summed E-state index contributed by atoms with van der Waals surface area (Å²) in [5.41, 5.74) is 3.17. The van der Waals surface area contributed by atoms with E-state index in [4.69, 9.17) is 4.42 Å². The average Bonchev–Trinajstić information content (AvgIpc) is 3.23. The number of aryl methyl sites for hydroxylation is 1. The van der Waals surface area contributed by atoms with E-state index in [0.29, 0.717) is 11.6 Å². The predicted octanol–water partition coefficient (Wildman–Crippen LogP) is 5.66. The van der Waals surface area contributed by atoms with Crippen LogP contribution in [0.1, 0.15) is 16.4 Å². The van der Waals surface area contributed by atoms with Crippen molar-refractivity contribution in [3.63, 3.8) is 0 Å². The molecule has 4 aromatic rings. The van der Waals surface area contributed by atoms with E-state index in [2.05, 4.69) is 15.5 Å². The first-order valence-electron chi connectivity index (χ1n) is 9.28. The molecule has 1 unspecified atom stereocenters. The zero-order valence-corrected chi connectivity index (χ0v) is 16.9. The van der Waals surface area contributed by atoms with Gasteiger partial charge in [0.1, 0.15) is 11.1 Å². The molecule has 1 amide bonds. The molecule has 1 N–H and O–H groups in total. The summed E-state index contributed by atoms with van der Waals surface area (Å²) in [6, 6.07) is 22.7. The van der Waals surface area contributed by atoms with Crippen LogP contribution in [0.2, 0.25) is 0 Å². The third-order valence-corrected chi connectivity index (χ3v) is 5.54. The number of aromatic nitrogens is 2. The van der Waals surface area contributed by atoms with Gasteiger partial charge < -0.3 is 9.73 Å². The van der Waals surface area contributed by atoms with E-state index in [1.54, 1.807) is 0 Å². The maximum absolute atomic E-state index is 13.2. The van der Waals surface area contributed by atoms with Crippen molar-refractivity contribution < 1.29 is 13.6 Å². The monoisotopic (exact) mass is 419 g/mol. The highest BCUT2D eigenvalue weighted by atomic mass is 32.2. The maximum atomic E-state index is 13.2. The number of hydrogen-bond acceptors (Lipinski definition) is 5. The molecule has 7 heteroatoms. The van der Waals surface area contributed by atoms with Crippen molar-refractivity contribution in [1.29, 1.82) is 0 Å². The van der Waals surface area contributed by atoms with Crippen LogP contribution in [0.5, 0.6) is 0 Å². The first kappa shape index (κ1) is 19.8. The van der Waals surface area contributed by atoms with E-state index >= 15 is 0 Å². The highest BCUT2D eigenvalue weighted by molar-refractivity contribution is 8.00. The van der Waals surface area contributed by atoms with E-state index in [1.165, 1.54) is 36.0 Å². The Balaban J connectivity index is 1.59. The molecule has 0 spiro atoms. The number of carbonyl (C=O) groups is 1. The molecule has 0 bridgehead atoms. The number of nitrogens with one attached hydrogen (secondary N) is 1. The lowest BCUT2D eigenvalue weighted by Crippen LogP contribution is -2.19. The zero-order chi connectivity index (χ0) is 20.9. The summed E-state index contributed by atoms with van der Waals surface area (Å²) >= 11 is 1.17. The first-order chi connectivity index (χ1) is 14.6. The van der Waals surface area contributed by atoms with Crippen LogP contribution in [0.4, 0.5) is 10.1 Å². The van der Waals surface area contributed by atoms with Crippen molar-refractivity contribution in [3.05, 3.63) is 95.8 Å². The van der Waals surface area contributed by atoms with Gasteiger partial charge in [0.25, 0.3) is 5.22 Å². The lowest BCUT2D eigenvalue weighted by Gasteiger charge is -2.15. The number of benzene rings is 3. The largest absolute Gasteiger partial charge is 0.411 e. The molecule has 0 saturated carbocycles. The molecule has 1 aromatic heterocycles. The number of carbonyl (C=O) groups excluding carboxylic acids is 1. The Kier molecular flexibility index (Phi) is 5.90. The molecule has 0 aliphatic heterocycles. The SMILES string of the molecule is Cc1ccccc1-c1nnc(SC(C(=O)Nc2ccc(F)cc2)c2ccccc2)o1. The van der Waals surface area contributed by atoms with E-state index < -0.39 is 5.25 Å². The fourth-order valence-electron chi connectivity index (χ4n) is 2.92. The molecule has 0 aliphatic carbocycles. The highest BCUT2D eigenvalue weighted by Gasteiger charge is 2.25. The fraction of sp³-hybridized carbons (Fsp3) is 0.0870. The molecule has 0 fully saturated rings. The zero-order valence-electron chi connectivity index (χ0n) is 16.1. The summed E-state index contributed by atoms with van der Waals surface area (Å²) in [5, 5.41) is 10.7. The number of hydrogen-bond donors (Lipinski definition) is 1. The predicted molar refractivity (Wildman–Crippen MR) is 115 cm³/mol. The van der Waals surface area contributed by atoms with Gasteiger partial charge in [0.05, 0.1) is 0 Å². The Morgan fingerprint density at radius 1 is 0.967 bits per heavy atom. The number of nitrogens with zero attached hydrogens (tertiary/aromatic N) is 2. The van der Waals surface area contributed by atoms with E-state index in [-0.39, 0.29) is 16.9 Å². The molecule has 0 saturated heterocycles. The van der Waals surface area contributed by atoms with Crippen molar-refractivity contribution in [1.82, 2.24) is 10.2 Å². The van der Waals surface area contributed by atoms with Crippen molar-refractivity contribution in [2.45, 2.75) is 17.4 Å². The van der Waals surface area contributed by atoms with Gasteiger partial charge in [-0.15, -0.1) is 10.2 Å². The summed E-state index contributed by atoms with van der Waals surface area (Å²) < 4.78 is 19.0. The number of halogens is 1. The number of thioether (sulfide) groups is 1. The number of amides is 1. The highest BCUT2D eigenvalue weighted by Crippen LogP contribution is 2.37. The van der Waals surface area contributed by atoms with Gasteiger partial charge in [-0.05, 0) is 60.1 Å². The van der Waals surface area contributed by atoms with Crippen LogP contribution in [0.15, 0.2) is 88.5 Å². The van der Waals surface area contributed by atoms with E-state index in [9.17, 15) is 9.18 Å². The topological polar surface area (TPSA) is 68.0 Å². The van der Waals surface area contributed by atoms with Crippen molar-refractivity contribution in [2.24, 2.45) is 0 Å². The molecule has 1 atom stereocenters. The van der Waals surface area contributed by atoms with Gasteiger partial charge in [-0.25, -0.2) is 4.39 Å². The summed E-state index contributed by atoms with van der Waals surface area (Å²) in [6.07, 6.45) is 0. The second-order valence-corrected chi connectivity index (χ2v) is 7.65.